The Morgan fingerprint density at radius 2 is 1.70 bits per heavy atom. The van der Waals surface area contributed by atoms with Crippen molar-refractivity contribution in [2.45, 2.75) is 0 Å². The van der Waals surface area contributed by atoms with Crippen LogP contribution in [-0.2, 0) is 0 Å². The molecule has 4 nitrogen and oxygen atoms in total. The SMILES string of the molecule is O=C(Nc1cc(-c2nc3ccccc3o2)ccc1Cl)c1cc(Cl)ccc1Cl. The minimum atomic E-state index is -0.417. The number of carbonyl (C=O) groups is 1. The van der Waals surface area contributed by atoms with Crippen molar-refractivity contribution in [2.24, 2.45) is 0 Å². The van der Waals surface area contributed by atoms with Gasteiger partial charge in [0.05, 0.1) is 21.3 Å². The van der Waals surface area contributed by atoms with Crippen LogP contribution in [0.2, 0.25) is 15.1 Å². The first-order valence-electron chi connectivity index (χ1n) is 7.93. The van der Waals surface area contributed by atoms with Gasteiger partial charge in [-0.15, -0.1) is 0 Å². The lowest BCUT2D eigenvalue weighted by Crippen LogP contribution is -2.13. The molecule has 1 amide bonds. The van der Waals surface area contributed by atoms with Gasteiger partial charge in [0.15, 0.2) is 5.58 Å². The van der Waals surface area contributed by atoms with Crippen molar-refractivity contribution in [3.05, 3.63) is 81.3 Å². The Bertz CT molecular complexity index is 1140. The van der Waals surface area contributed by atoms with Crippen molar-refractivity contribution in [1.29, 1.82) is 0 Å². The average Bonchev–Trinajstić information content (AvgIpc) is 3.09. The van der Waals surface area contributed by atoms with Gasteiger partial charge in [-0.25, -0.2) is 4.98 Å². The Morgan fingerprint density at radius 1 is 0.926 bits per heavy atom. The van der Waals surface area contributed by atoms with Crippen LogP contribution >= 0.6 is 34.8 Å². The fourth-order valence-corrected chi connectivity index (χ4v) is 3.15. The Balaban J connectivity index is 1.68. The Kier molecular flexibility index (Phi) is 4.79. The van der Waals surface area contributed by atoms with Crippen molar-refractivity contribution < 1.29 is 9.21 Å². The zero-order valence-electron chi connectivity index (χ0n) is 13.7. The van der Waals surface area contributed by atoms with Crippen molar-refractivity contribution in [3.63, 3.8) is 0 Å². The van der Waals surface area contributed by atoms with Gasteiger partial charge >= 0.3 is 0 Å². The van der Waals surface area contributed by atoms with E-state index in [9.17, 15) is 4.79 Å². The van der Waals surface area contributed by atoms with Crippen LogP contribution in [0.5, 0.6) is 0 Å². The number of nitrogens with zero attached hydrogens (tertiary/aromatic N) is 1. The van der Waals surface area contributed by atoms with E-state index in [1.54, 1.807) is 30.3 Å². The highest BCUT2D eigenvalue weighted by atomic mass is 35.5. The van der Waals surface area contributed by atoms with Crippen LogP contribution in [0.15, 0.2) is 65.1 Å². The summed E-state index contributed by atoms with van der Waals surface area (Å²) in [6.45, 7) is 0. The molecule has 4 aromatic rings. The molecule has 0 atom stereocenters. The van der Waals surface area contributed by atoms with Gasteiger partial charge in [0.25, 0.3) is 5.91 Å². The molecule has 1 N–H and O–H groups in total. The number of benzene rings is 3. The Morgan fingerprint density at radius 3 is 2.52 bits per heavy atom. The topological polar surface area (TPSA) is 55.1 Å². The molecule has 7 heteroatoms. The lowest BCUT2D eigenvalue weighted by molar-refractivity contribution is 0.102. The number of para-hydroxylation sites is 2. The molecule has 0 aliphatic heterocycles. The molecule has 0 saturated heterocycles. The van der Waals surface area contributed by atoms with Crippen molar-refractivity contribution >= 4 is 57.5 Å². The summed E-state index contributed by atoms with van der Waals surface area (Å²) in [5.74, 6) is 0.0169. The first-order chi connectivity index (χ1) is 13.0. The summed E-state index contributed by atoms with van der Waals surface area (Å²) < 4.78 is 5.77. The number of rotatable bonds is 3. The van der Waals surface area contributed by atoms with Gasteiger partial charge in [0, 0.05) is 10.6 Å². The molecular formula is C20H11Cl3N2O2. The summed E-state index contributed by atoms with van der Waals surface area (Å²) in [5, 5.41) is 3.84. The lowest BCUT2D eigenvalue weighted by Gasteiger charge is -2.10. The lowest BCUT2D eigenvalue weighted by atomic mass is 10.1. The number of hydrogen-bond donors (Lipinski definition) is 1. The van der Waals surface area contributed by atoms with Gasteiger partial charge in [0.1, 0.15) is 5.52 Å². The van der Waals surface area contributed by atoms with Crippen LogP contribution < -0.4 is 5.32 Å². The summed E-state index contributed by atoms with van der Waals surface area (Å²) in [6.07, 6.45) is 0. The molecule has 0 radical (unpaired) electrons. The van der Waals surface area contributed by atoms with Crippen LogP contribution in [0.1, 0.15) is 10.4 Å². The van der Waals surface area contributed by atoms with Crippen LogP contribution in [0.4, 0.5) is 5.69 Å². The molecule has 1 aromatic heterocycles. The number of amides is 1. The molecular weight excluding hydrogens is 407 g/mol. The van der Waals surface area contributed by atoms with E-state index in [2.05, 4.69) is 10.3 Å². The summed E-state index contributed by atoms with van der Waals surface area (Å²) in [6, 6.07) is 17.3. The molecule has 4 rings (SSSR count). The van der Waals surface area contributed by atoms with E-state index in [1.165, 1.54) is 6.07 Å². The van der Waals surface area contributed by atoms with E-state index < -0.39 is 5.91 Å². The van der Waals surface area contributed by atoms with Gasteiger partial charge in [-0.3, -0.25) is 4.79 Å². The number of oxazole rings is 1. The average molecular weight is 418 g/mol. The highest BCUT2D eigenvalue weighted by Crippen LogP contribution is 2.31. The maximum Gasteiger partial charge on any atom is 0.257 e. The molecule has 0 spiro atoms. The summed E-state index contributed by atoms with van der Waals surface area (Å²) in [7, 11) is 0. The van der Waals surface area contributed by atoms with E-state index >= 15 is 0 Å². The molecule has 0 aliphatic carbocycles. The number of anilines is 1. The first kappa shape index (κ1) is 17.9. The second-order valence-electron chi connectivity index (χ2n) is 5.76. The standard InChI is InChI=1S/C20H11Cl3N2O2/c21-12-6-8-14(22)13(10-12)19(26)24-17-9-11(5-7-15(17)23)20-25-16-3-1-2-4-18(16)27-20/h1-10H,(H,24,26). The molecule has 27 heavy (non-hydrogen) atoms. The monoisotopic (exact) mass is 416 g/mol. The van der Waals surface area contributed by atoms with E-state index in [0.717, 1.165) is 5.52 Å². The molecule has 0 aliphatic rings. The molecule has 0 unspecified atom stereocenters. The van der Waals surface area contributed by atoms with Crippen LogP contribution in [-0.4, -0.2) is 10.9 Å². The van der Waals surface area contributed by atoms with E-state index in [-0.39, 0.29) is 5.56 Å². The van der Waals surface area contributed by atoms with E-state index in [1.807, 2.05) is 24.3 Å². The smallest absolute Gasteiger partial charge is 0.257 e. The number of halogens is 3. The fraction of sp³-hybridized carbons (Fsp3) is 0. The van der Waals surface area contributed by atoms with Gasteiger partial charge in [-0.05, 0) is 48.5 Å². The third kappa shape index (κ3) is 3.65. The van der Waals surface area contributed by atoms with E-state index in [0.29, 0.717) is 37.8 Å². The largest absolute Gasteiger partial charge is 0.436 e. The number of hydrogen-bond acceptors (Lipinski definition) is 3. The minimum absolute atomic E-state index is 0.257. The van der Waals surface area contributed by atoms with Crippen LogP contribution in [0.3, 0.4) is 0 Å². The predicted octanol–water partition coefficient (Wildman–Crippen LogP) is 6.71. The molecule has 0 fully saturated rings. The Labute approximate surface area is 169 Å². The fourth-order valence-electron chi connectivity index (χ4n) is 2.61. The number of fused-ring (bicyclic) bond motifs is 1. The van der Waals surface area contributed by atoms with Gasteiger partial charge in [-0.2, -0.15) is 0 Å². The maximum absolute atomic E-state index is 12.6. The predicted molar refractivity (Wildman–Crippen MR) is 109 cm³/mol. The highest BCUT2D eigenvalue weighted by Gasteiger charge is 2.15. The molecule has 1 heterocycles. The van der Waals surface area contributed by atoms with Crippen molar-refractivity contribution in [2.75, 3.05) is 5.32 Å². The number of carbonyl (C=O) groups excluding carboxylic acids is 1. The number of aromatic nitrogens is 1. The third-order valence-electron chi connectivity index (χ3n) is 3.93. The minimum Gasteiger partial charge on any atom is -0.436 e. The van der Waals surface area contributed by atoms with Gasteiger partial charge in [0.2, 0.25) is 5.89 Å². The second kappa shape index (κ2) is 7.24. The zero-order chi connectivity index (χ0) is 19.0. The summed E-state index contributed by atoms with van der Waals surface area (Å²) >= 11 is 18.3. The van der Waals surface area contributed by atoms with Gasteiger partial charge in [-0.1, -0.05) is 46.9 Å². The van der Waals surface area contributed by atoms with Gasteiger partial charge < -0.3 is 9.73 Å². The van der Waals surface area contributed by atoms with Crippen LogP contribution in [0.25, 0.3) is 22.6 Å². The first-order valence-corrected chi connectivity index (χ1v) is 9.06. The van der Waals surface area contributed by atoms with E-state index in [4.69, 9.17) is 39.2 Å². The number of nitrogens with one attached hydrogen (secondary N) is 1. The quantitative estimate of drug-likeness (QED) is 0.403. The molecule has 3 aromatic carbocycles. The van der Waals surface area contributed by atoms with Crippen molar-refractivity contribution in [1.82, 2.24) is 4.98 Å². The zero-order valence-corrected chi connectivity index (χ0v) is 15.9. The normalized spacial score (nSPS) is 10.9. The Hall–Kier alpha value is -2.53. The molecule has 134 valence electrons. The van der Waals surface area contributed by atoms with Crippen molar-refractivity contribution in [3.8, 4) is 11.5 Å². The summed E-state index contributed by atoms with van der Waals surface area (Å²) in [4.78, 5) is 17.0. The highest BCUT2D eigenvalue weighted by molar-refractivity contribution is 6.37. The molecule has 0 saturated carbocycles. The summed E-state index contributed by atoms with van der Waals surface area (Å²) in [5.41, 5.74) is 2.78. The molecule has 0 bridgehead atoms. The second-order valence-corrected chi connectivity index (χ2v) is 7.01. The maximum atomic E-state index is 12.6. The van der Waals surface area contributed by atoms with Crippen LogP contribution in [0, 0.1) is 0 Å². The third-order valence-corrected chi connectivity index (χ3v) is 4.82.